The summed E-state index contributed by atoms with van der Waals surface area (Å²) in [5.74, 6) is 2.12. The summed E-state index contributed by atoms with van der Waals surface area (Å²) in [6.45, 7) is 4.25. The van der Waals surface area contributed by atoms with Crippen molar-refractivity contribution in [2.45, 2.75) is 29.3 Å². The van der Waals surface area contributed by atoms with Crippen molar-refractivity contribution in [1.29, 1.82) is 0 Å². The van der Waals surface area contributed by atoms with Crippen molar-refractivity contribution in [3.63, 3.8) is 0 Å². The van der Waals surface area contributed by atoms with Gasteiger partial charge in [-0.25, -0.2) is 13.4 Å². The number of furan rings is 1. The van der Waals surface area contributed by atoms with Crippen LogP contribution >= 0.6 is 11.8 Å². The molecule has 0 radical (unpaired) electrons. The average Bonchev–Trinajstić information content (AvgIpc) is 3.57. The van der Waals surface area contributed by atoms with E-state index in [9.17, 15) is 8.42 Å². The number of fused-ring (bicyclic) bond motifs is 1. The SMILES string of the molecule is CCn1c(CSc2nnc(-c3ccco3)o2)nc2cc(S(=O)(=O)N3CCOCC3)ccc21. The van der Waals surface area contributed by atoms with Crippen LogP contribution in [0.1, 0.15) is 12.7 Å². The first-order chi connectivity index (χ1) is 15.6. The Bertz CT molecular complexity index is 1320. The maximum absolute atomic E-state index is 13.0. The molecule has 12 heteroatoms. The summed E-state index contributed by atoms with van der Waals surface area (Å²) in [5, 5.41) is 8.45. The molecule has 0 saturated carbocycles. The minimum absolute atomic E-state index is 0.242. The van der Waals surface area contributed by atoms with Gasteiger partial charge in [0, 0.05) is 19.6 Å². The minimum atomic E-state index is -3.58. The van der Waals surface area contributed by atoms with Crippen LogP contribution in [0.25, 0.3) is 22.7 Å². The van der Waals surface area contributed by atoms with Gasteiger partial charge < -0.3 is 18.1 Å². The zero-order valence-electron chi connectivity index (χ0n) is 17.3. The van der Waals surface area contributed by atoms with Crippen molar-refractivity contribution in [2.75, 3.05) is 26.3 Å². The number of imidazole rings is 1. The zero-order valence-corrected chi connectivity index (χ0v) is 18.9. The molecular weight excluding hydrogens is 454 g/mol. The van der Waals surface area contributed by atoms with Crippen LogP contribution in [0.5, 0.6) is 0 Å². The molecule has 0 bridgehead atoms. The quantitative estimate of drug-likeness (QED) is 0.372. The smallest absolute Gasteiger partial charge is 0.284 e. The minimum Gasteiger partial charge on any atom is -0.459 e. The van der Waals surface area contributed by atoms with Crippen LogP contribution in [0, 0.1) is 0 Å². The Morgan fingerprint density at radius 3 is 2.75 bits per heavy atom. The maximum Gasteiger partial charge on any atom is 0.284 e. The van der Waals surface area contributed by atoms with E-state index < -0.39 is 10.0 Å². The van der Waals surface area contributed by atoms with E-state index in [2.05, 4.69) is 14.8 Å². The number of hydrogen-bond acceptors (Lipinski definition) is 9. The van der Waals surface area contributed by atoms with Gasteiger partial charge in [0.2, 0.25) is 10.0 Å². The lowest BCUT2D eigenvalue weighted by atomic mass is 10.3. The van der Waals surface area contributed by atoms with Gasteiger partial charge in [0.15, 0.2) is 5.76 Å². The molecule has 0 N–H and O–H groups in total. The van der Waals surface area contributed by atoms with Crippen molar-refractivity contribution >= 4 is 32.8 Å². The predicted molar refractivity (Wildman–Crippen MR) is 117 cm³/mol. The zero-order chi connectivity index (χ0) is 22.1. The van der Waals surface area contributed by atoms with Crippen LogP contribution in [0.15, 0.2) is 55.5 Å². The Kier molecular flexibility index (Phi) is 5.76. The first kappa shape index (κ1) is 21.2. The van der Waals surface area contributed by atoms with Gasteiger partial charge in [-0.3, -0.25) is 0 Å². The fourth-order valence-corrected chi connectivity index (χ4v) is 5.75. The second-order valence-electron chi connectivity index (χ2n) is 7.08. The summed E-state index contributed by atoms with van der Waals surface area (Å²) >= 11 is 1.36. The van der Waals surface area contributed by atoms with Crippen molar-refractivity contribution in [3.8, 4) is 11.7 Å². The molecule has 0 atom stereocenters. The van der Waals surface area contributed by atoms with E-state index in [0.717, 1.165) is 11.3 Å². The maximum atomic E-state index is 13.0. The molecule has 4 heterocycles. The molecule has 1 aliphatic rings. The van der Waals surface area contributed by atoms with E-state index in [1.165, 1.54) is 16.1 Å². The Balaban J connectivity index is 1.39. The number of morpholine rings is 1. The number of ether oxygens (including phenoxy) is 1. The monoisotopic (exact) mass is 475 g/mol. The second-order valence-corrected chi connectivity index (χ2v) is 9.94. The molecule has 0 aliphatic carbocycles. The van der Waals surface area contributed by atoms with Gasteiger partial charge in [-0.1, -0.05) is 11.8 Å². The molecule has 0 unspecified atom stereocenters. The van der Waals surface area contributed by atoms with Gasteiger partial charge in [-0.2, -0.15) is 4.31 Å². The largest absolute Gasteiger partial charge is 0.459 e. The molecular formula is C20H21N5O5S2. The van der Waals surface area contributed by atoms with E-state index in [1.54, 1.807) is 30.5 Å². The van der Waals surface area contributed by atoms with Crippen LogP contribution < -0.4 is 0 Å². The Morgan fingerprint density at radius 1 is 1.16 bits per heavy atom. The number of aromatic nitrogens is 4. The lowest BCUT2D eigenvalue weighted by Gasteiger charge is -2.26. The van der Waals surface area contributed by atoms with Crippen LogP contribution in [-0.2, 0) is 27.1 Å². The van der Waals surface area contributed by atoms with Crippen LogP contribution in [-0.4, -0.2) is 58.8 Å². The van der Waals surface area contributed by atoms with Gasteiger partial charge in [-0.15, -0.1) is 10.2 Å². The second kappa shape index (κ2) is 8.70. The topological polar surface area (TPSA) is 116 Å². The van der Waals surface area contributed by atoms with E-state index in [4.69, 9.17) is 18.6 Å². The van der Waals surface area contributed by atoms with E-state index in [-0.39, 0.29) is 4.90 Å². The summed E-state index contributed by atoms with van der Waals surface area (Å²) in [6, 6.07) is 8.60. The molecule has 5 rings (SSSR count). The summed E-state index contributed by atoms with van der Waals surface area (Å²) in [6.07, 6.45) is 1.55. The Hall–Kier alpha value is -2.67. The van der Waals surface area contributed by atoms with E-state index >= 15 is 0 Å². The first-order valence-electron chi connectivity index (χ1n) is 10.1. The van der Waals surface area contributed by atoms with Gasteiger partial charge in [-0.05, 0) is 37.3 Å². The fraction of sp³-hybridized carbons (Fsp3) is 0.350. The number of rotatable bonds is 7. The summed E-state index contributed by atoms with van der Waals surface area (Å²) < 4.78 is 45.7. The van der Waals surface area contributed by atoms with Crippen LogP contribution in [0.2, 0.25) is 0 Å². The highest BCUT2D eigenvalue weighted by atomic mass is 32.2. The highest BCUT2D eigenvalue weighted by Crippen LogP contribution is 2.28. The van der Waals surface area contributed by atoms with Gasteiger partial charge in [0.25, 0.3) is 11.1 Å². The number of benzene rings is 1. The number of nitrogens with zero attached hydrogens (tertiary/aromatic N) is 5. The average molecular weight is 476 g/mol. The first-order valence-corrected chi connectivity index (χ1v) is 12.6. The van der Waals surface area contributed by atoms with Crippen LogP contribution in [0.4, 0.5) is 0 Å². The summed E-state index contributed by atoms with van der Waals surface area (Å²) in [5.41, 5.74) is 1.52. The van der Waals surface area contributed by atoms with Crippen molar-refractivity contribution in [3.05, 3.63) is 42.4 Å². The molecule has 10 nitrogen and oxygen atoms in total. The van der Waals surface area contributed by atoms with E-state index in [0.29, 0.717) is 61.0 Å². The number of aryl methyl sites for hydroxylation is 1. The van der Waals surface area contributed by atoms with Crippen molar-refractivity contribution in [1.82, 2.24) is 24.1 Å². The van der Waals surface area contributed by atoms with Gasteiger partial charge >= 0.3 is 0 Å². The van der Waals surface area contributed by atoms with E-state index in [1.807, 2.05) is 13.0 Å². The molecule has 4 aromatic rings. The third kappa shape index (κ3) is 3.94. The van der Waals surface area contributed by atoms with Crippen LogP contribution in [0.3, 0.4) is 0 Å². The van der Waals surface area contributed by atoms with Crippen molar-refractivity contribution in [2.24, 2.45) is 0 Å². The van der Waals surface area contributed by atoms with Gasteiger partial charge in [0.05, 0.1) is 41.2 Å². The predicted octanol–water partition coefficient (Wildman–Crippen LogP) is 3.01. The summed E-state index contributed by atoms with van der Waals surface area (Å²) in [7, 11) is -3.58. The standard InChI is InChI=1S/C20H21N5O5S2/c1-2-25-16-6-5-14(32(26,27)24-7-10-28-11-8-24)12-15(16)21-18(25)13-31-20-23-22-19(30-20)17-4-3-9-29-17/h3-6,9,12H,2,7-8,10-11,13H2,1H3. The Labute approximate surface area is 188 Å². The molecule has 0 amide bonds. The molecule has 1 saturated heterocycles. The highest BCUT2D eigenvalue weighted by Gasteiger charge is 2.27. The fourth-order valence-electron chi connectivity index (χ4n) is 3.61. The highest BCUT2D eigenvalue weighted by molar-refractivity contribution is 7.98. The molecule has 168 valence electrons. The number of thioether (sulfide) groups is 1. The number of sulfonamides is 1. The summed E-state index contributed by atoms with van der Waals surface area (Å²) in [4.78, 5) is 4.94. The van der Waals surface area contributed by atoms with Gasteiger partial charge in [0.1, 0.15) is 5.82 Å². The lowest BCUT2D eigenvalue weighted by molar-refractivity contribution is 0.0730. The lowest BCUT2D eigenvalue weighted by Crippen LogP contribution is -2.40. The molecule has 3 aromatic heterocycles. The third-order valence-corrected chi connectivity index (χ3v) is 7.90. The van der Waals surface area contributed by atoms with Crippen molar-refractivity contribution < 1.29 is 22.0 Å². The Morgan fingerprint density at radius 2 is 2.00 bits per heavy atom. The normalized spacial score (nSPS) is 15.5. The third-order valence-electron chi connectivity index (χ3n) is 5.19. The molecule has 0 spiro atoms. The molecule has 1 aromatic carbocycles. The molecule has 32 heavy (non-hydrogen) atoms. The number of hydrogen-bond donors (Lipinski definition) is 0. The molecule has 1 fully saturated rings. The molecule has 1 aliphatic heterocycles.